The van der Waals surface area contributed by atoms with Crippen LogP contribution in [0.4, 0.5) is 9.59 Å². The highest BCUT2D eigenvalue weighted by Gasteiger charge is 2.68. The van der Waals surface area contributed by atoms with Gasteiger partial charge in [0.05, 0.1) is 6.10 Å². The molecule has 40 heavy (non-hydrogen) atoms. The monoisotopic (exact) mass is 561 g/mol. The van der Waals surface area contributed by atoms with Gasteiger partial charge in [-0.3, -0.25) is 14.5 Å². The smallest absolute Gasteiger partial charge is 0.416 e. The van der Waals surface area contributed by atoms with Gasteiger partial charge in [0.25, 0.3) is 0 Å². The fraction of sp³-hybridized carbons (Fsp3) is 0.800. The van der Waals surface area contributed by atoms with Crippen molar-refractivity contribution in [2.75, 3.05) is 26.2 Å². The van der Waals surface area contributed by atoms with Crippen LogP contribution >= 0.6 is 0 Å². The Labute approximate surface area is 237 Å². The van der Waals surface area contributed by atoms with Gasteiger partial charge in [-0.2, -0.15) is 0 Å². The summed E-state index contributed by atoms with van der Waals surface area (Å²) in [5, 5.41) is 13.8. The van der Waals surface area contributed by atoms with Crippen molar-refractivity contribution in [1.82, 2.24) is 10.2 Å². The lowest BCUT2D eigenvalue weighted by molar-refractivity contribution is -0.191. The zero-order chi connectivity index (χ0) is 29.5. The van der Waals surface area contributed by atoms with Crippen molar-refractivity contribution in [2.24, 2.45) is 45.7 Å². The molecule has 8 atom stereocenters. The van der Waals surface area contributed by atoms with Gasteiger partial charge in [-0.15, -0.1) is 6.58 Å². The second kappa shape index (κ2) is 11.4. The van der Waals surface area contributed by atoms with E-state index in [0.717, 1.165) is 19.3 Å². The zero-order valence-electron chi connectivity index (χ0n) is 24.4. The lowest BCUT2D eigenvalue weighted by atomic mass is 9.44. The summed E-state index contributed by atoms with van der Waals surface area (Å²) in [5.74, 6) is -0.600. The summed E-state index contributed by atoms with van der Waals surface area (Å²) in [6.07, 6.45) is 2.94. The molecule has 10 heteroatoms. The van der Waals surface area contributed by atoms with Gasteiger partial charge in [0.2, 0.25) is 5.91 Å². The highest BCUT2D eigenvalue weighted by Crippen LogP contribution is 2.67. The molecule has 0 spiro atoms. The van der Waals surface area contributed by atoms with Crippen molar-refractivity contribution < 1.29 is 33.8 Å². The molecule has 1 saturated heterocycles. The molecular weight excluding hydrogens is 514 g/mol. The van der Waals surface area contributed by atoms with Crippen LogP contribution in [0.2, 0.25) is 0 Å². The standard InChI is InChI=1S/C30H47N3O7/c1-6-28(4)17-22(29(5)18(2)7-11-30(19(3)24(28)35)12-8-21(34)23(29)30)40-27(38)32-26(37)39-16-15-33-13-9-20(10-14-33)25(31)36/h6,18-20,22-24,35H,1,7-17H2,2-5H3,(H2,31,36)(H,32,37,38)/t18?,19-,22+,23-,24-,28+,29+,30-/m0/s1. The molecule has 4 aliphatic rings. The number of rotatable bonds is 6. The van der Waals surface area contributed by atoms with E-state index in [4.69, 9.17) is 15.2 Å². The first-order chi connectivity index (χ1) is 18.8. The van der Waals surface area contributed by atoms with E-state index >= 15 is 0 Å². The predicted molar refractivity (Wildman–Crippen MR) is 148 cm³/mol. The predicted octanol–water partition coefficient (Wildman–Crippen LogP) is 3.41. The number of aliphatic hydroxyl groups excluding tert-OH is 1. The number of Topliss-reactive ketones (excluding diaryl/α,β-unsaturated/α-hetero) is 1. The molecule has 4 rings (SSSR count). The van der Waals surface area contributed by atoms with Crippen molar-refractivity contribution >= 4 is 23.9 Å². The Bertz CT molecular complexity index is 1030. The van der Waals surface area contributed by atoms with E-state index < -0.39 is 35.2 Å². The number of nitrogens with two attached hydrogens (primary N) is 1. The van der Waals surface area contributed by atoms with Crippen molar-refractivity contribution in [3.63, 3.8) is 0 Å². The highest BCUT2D eigenvalue weighted by atomic mass is 16.6. The maximum absolute atomic E-state index is 13.5. The zero-order valence-corrected chi connectivity index (χ0v) is 24.4. The number of ketones is 1. The van der Waals surface area contributed by atoms with E-state index in [1.54, 1.807) is 6.08 Å². The van der Waals surface area contributed by atoms with Crippen LogP contribution in [0.25, 0.3) is 0 Å². The molecule has 1 unspecified atom stereocenters. The van der Waals surface area contributed by atoms with Crippen molar-refractivity contribution in [3.8, 4) is 0 Å². The van der Waals surface area contributed by atoms with Crippen molar-refractivity contribution in [2.45, 2.75) is 84.8 Å². The Morgan fingerprint density at radius 3 is 2.45 bits per heavy atom. The van der Waals surface area contributed by atoms with Gasteiger partial charge >= 0.3 is 12.2 Å². The van der Waals surface area contributed by atoms with Crippen LogP contribution in [0.15, 0.2) is 12.7 Å². The molecule has 4 N–H and O–H groups in total. The van der Waals surface area contributed by atoms with E-state index in [1.165, 1.54) is 0 Å². The number of amides is 3. The number of imide groups is 1. The largest absolute Gasteiger partial charge is 0.448 e. The van der Waals surface area contributed by atoms with Gasteiger partial charge in [-0.25, -0.2) is 14.9 Å². The Morgan fingerprint density at radius 2 is 1.82 bits per heavy atom. The number of hydrogen-bond donors (Lipinski definition) is 3. The molecule has 0 radical (unpaired) electrons. The molecule has 0 aromatic heterocycles. The van der Waals surface area contributed by atoms with Crippen LogP contribution in [-0.2, 0) is 19.1 Å². The number of primary amides is 1. The molecule has 3 amide bonds. The molecule has 2 bridgehead atoms. The SMILES string of the molecule is C=C[C@]1(C)C[C@@H](OC(=O)NC(=O)OCCN2CCC(C(N)=O)CC2)[C@@]2(C)C(C)CC[C@]3(CCC(=O)[C@H]32)[C@@H](C)[C@@H]1O. The lowest BCUT2D eigenvalue weighted by Crippen LogP contribution is -2.63. The number of carbonyl (C=O) groups is 4. The molecule has 1 heterocycles. The number of alkyl carbamates (subject to hydrolysis) is 2. The van der Waals surface area contributed by atoms with E-state index in [9.17, 15) is 24.3 Å². The van der Waals surface area contributed by atoms with Crippen LogP contribution in [0.1, 0.15) is 72.6 Å². The summed E-state index contributed by atoms with van der Waals surface area (Å²) in [6, 6.07) is 0. The maximum atomic E-state index is 13.5. The number of likely N-dealkylation sites (tertiary alicyclic amines) is 1. The Balaban J connectivity index is 1.44. The summed E-state index contributed by atoms with van der Waals surface area (Å²) >= 11 is 0. The second-order valence-corrected chi connectivity index (χ2v) is 13.3. The molecule has 0 aromatic carbocycles. The number of hydrogen-bond acceptors (Lipinski definition) is 8. The first kappa shape index (κ1) is 30.5. The fourth-order valence-corrected chi connectivity index (χ4v) is 8.49. The average Bonchev–Trinajstić information content (AvgIpc) is 3.27. The first-order valence-corrected chi connectivity index (χ1v) is 14.8. The molecular formula is C30H47N3O7. The Kier molecular flexibility index (Phi) is 8.72. The number of carbonyl (C=O) groups excluding carboxylic acids is 4. The normalized spacial score (nSPS) is 40.3. The molecule has 0 aromatic rings. The third-order valence-electron chi connectivity index (χ3n) is 11.4. The summed E-state index contributed by atoms with van der Waals surface area (Å²) in [4.78, 5) is 52.4. The number of piperidine rings is 1. The van der Waals surface area contributed by atoms with E-state index in [2.05, 4.69) is 30.6 Å². The molecule has 224 valence electrons. The summed E-state index contributed by atoms with van der Waals surface area (Å²) in [6.45, 7) is 14.1. The molecule has 4 fully saturated rings. The van der Waals surface area contributed by atoms with Gasteiger partial charge in [-0.05, 0) is 68.9 Å². The number of nitrogens with one attached hydrogen (secondary N) is 1. The third-order valence-corrected chi connectivity index (χ3v) is 11.4. The van der Waals surface area contributed by atoms with Crippen LogP contribution in [0.3, 0.4) is 0 Å². The van der Waals surface area contributed by atoms with Crippen molar-refractivity contribution in [1.29, 1.82) is 0 Å². The second-order valence-electron chi connectivity index (χ2n) is 13.3. The van der Waals surface area contributed by atoms with Crippen molar-refractivity contribution in [3.05, 3.63) is 12.7 Å². The first-order valence-electron chi connectivity index (χ1n) is 14.8. The Hall–Kier alpha value is -2.46. The average molecular weight is 562 g/mol. The van der Waals surface area contributed by atoms with E-state index in [-0.39, 0.29) is 53.8 Å². The summed E-state index contributed by atoms with van der Waals surface area (Å²) < 4.78 is 11.2. The minimum atomic E-state index is -0.929. The fourth-order valence-electron chi connectivity index (χ4n) is 8.49. The third kappa shape index (κ3) is 5.29. The maximum Gasteiger partial charge on any atom is 0.416 e. The molecule has 3 saturated carbocycles. The van der Waals surface area contributed by atoms with Crippen LogP contribution < -0.4 is 11.1 Å². The van der Waals surface area contributed by atoms with E-state index in [0.29, 0.717) is 38.9 Å². The van der Waals surface area contributed by atoms with E-state index in [1.807, 2.05) is 13.8 Å². The van der Waals surface area contributed by atoms with Crippen LogP contribution in [-0.4, -0.2) is 72.3 Å². The minimum absolute atomic E-state index is 0.0796. The van der Waals surface area contributed by atoms with Gasteiger partial charge in [-0.1, -0.05) is 33.8 Å². The topological polar surface area (TPSA) is 148 Å². The summed E-state index contributed by atoms with van der Waals surface area (Å²) in [5.41, 5.74) is 3.59. The minimum Gasteiger partial charge on any atom is -0.448 e. The Morgan fingerprint density at radius 1 is 1.15 bits per heavy atom. The number of ether oxygens (including phenoxy) is 2. The number of aliphatic hydroxyl groups is 1. The molecule has 3 aliphatic carbocycles. The van der Waals surface area contributed by atoms with Gasteiger partial charge < -0.3 is 20.3 Å². The quantitative estimate of drug-likeness (QED) is 0.418. The van der Waals surface area contributed by atoms with Crippen LogP contribution in [0.5, 0.6) is 0 Å². The van der Waals surface area contributed by atoms with Gasteiger partial charge in [0, 0.05) is 35.6 Å². The molecule has 1 aliphatic heterocycles. The highest BCUT2D eigenvalue weighted by molar-refractivity contribution is 5.88. The van der Waals surface area contributed by atoms with Crippen LogP contribution in [0, 0.1) is 39.9 Å². The summed E-state index contributed by atoms with van der Waals surface area (Å²) in [7, 11) is 0. The molecule has 10 nitrogen and oxygen atoms in total. The van der Waals surface area contributed by atoms with Gasteiger partial charge in [0.15, 0.2) is 0 Å². The van der Waals surface area contributed by atoms with Gasteiger partial charge in [0.1, 0.15) is 18.5 Å². The lowest BCUT2D eigenvalue weighted by Gasteiger charge is -2.61. The number of nitrogens with zero attached hydrogens (tertiary/aromatic N) is 1.